The molecule has 0 N–H and O–H groups in total. The second kappa shape index (κ2) is 9.09. The SMILES string of the molecule is Cc1nc(-c2ccccc2)cc(-c2ccccc2)n1.Cn1c2ccccc2c2ccccc21. The van der Waals surface area contributed by atoms with Crippen molar-refractivity contribution < 1.29 is 0 Å². The Hall–Kier alpha value is -4.24. The van der Waals surface area contributed by atoms with Gasteiger partial charge < -0.3 is 4.57 Å². The molecule has 33 heavy (non-hydrogen) atoms. The summed E-state index contributed by atoms with van der Waals surface area (Å²) in [5.41, 5.74) is 6.76. The Labute approximate surface area is 194 Å². The fraction of sp³-hybridized carbons (Fsp3) is 0.0667. The highest BCUT2D eigenvalue weighted by molar-refractivity contribution is 6.07. The first-order chi connectivity index (χ1) is 16.2. The van der Waals surface area contributed by atoms with E-state index in [2.05, 4.69) is 94.4 Å². The molecular formula is C30H25N3. The monoisotopic (exact) mass is 427 g/mol. The number of aromatic nitrogens is 3. The largest absolute Gasteiger partial charge is 0.344 e. The van der Waals surface area contributed by atoms with Crippen molar-refractivity contribution in [1.29, 1.82) is 0 Å². The Morgan fingerprint density at radius 3 is 1.36 bits per heavy atom. The van der Waals surface area contributed by atoms with Crippen LogP contribution in [0.5, 0.6) is 0 Å². The van der Waals surface area contributed by atoms with Crippen LogP contribution in [-0.2, 0) is 7.05 Å². The molecule has 0 aliphatic carbocycles. The van der Waals surface area contributed by atoms with Gasteiger partial charge in [0, 0.05) is 40.0 Å². The van der Waals surface area contributed by atoms with Gasteiger partial charge in [0.05, 0.1) is 11.4 Å². The molecule has 4 aromatic carbocycles. The summed E-state index contributed by atoms with van der Waals surface area (Å²) in [7, 11) is 2.12. The normalized spacial score (nSPS) is 10.7. The summed E-state index contributed by atoms with van der Waals surface area (Å²) in [5, 5.41) is 2.68. The molecule has 2 aromatic heterocycles. The highest BCUT2D eigenvalue weighted by atomic mass is 14.9. The van der Waals surface area contributed by atoms with Crippen LogP contribution in [0.25, 0.3) is 44.3 Å². The lowest BCUT2D eigenvalue weighted by atomic mass is 10.1. The van der Waals surface area contributed by atoms with Gasteiger partial charge in [-0.15, -0.1) is 0 Å². The molecule has 6 rings (SSSR count). The van der Waals surface area contributed by atoms with Gasteiger partial charge in [0.15, 0.2) is 0 Å². The van der Waals surface area contributed by atoms with Crippen molar-refractivity contribution in [2.75, 3.05) is 0 Å². The Balaban J connectivity index is 0.000000144. The fourth-order valence-electron chi connectivity index (χ4n) is 4.20. The minimum Gasteiger partial charge on any atom is -0.344 e. The maximum absolute atomic E-state index is 4.52. The first-order valence-corrected chi connectivity index (χ1v) is 11.1. The lowest BCUT2D eigenvalue weighted by molar-refractivity contribution is 1.01. The Kier molecular flexibility index (Phi) is 5.69. The molecule has 0 bridgehead atoms. The lowest BCUT2D eigenvalue weighted by Crippen LogP contribution is -1.94. The Morgan fingerprint density at radius 2 is 0.909 bits per heavy atom. The smallest absolute Gasteiger partial charge is 0.126 e. The minimum absolute atomic E-state index is 0.792. The summed E-state index contributed by atoms with van der Waals surface area (Å²) in [6, 6.07) is 39.4. The molecule has 0 spiro atoms. The van der Waals surface area contributed by atoms with Crippen LogP contribution in [0.1, 0.15) is 5.82 Å². The zero-order chi connectivity index (χ0) is 22.6. The van der Waals surface area contributed by atoms with Crippen LogP contribution in [0.3, 0.4) is 0 Å². The molecule has 0 saturated carbocycles. The van der Waals surface area contributed by atoms with E-state index in [0.717, 1.165) is 28.3 Å². The van der Waals surface area contributed by atoms with Crippen LogP contribution in [0.15, 0.2) is 115 Å². The number of nitrogens with zero attached hydrogens (tertiary/aromatic N) is 3. The molecule has 0 radical (unpaired) electrons. The van der Waals surface area contributed by atoms with Gasteiger partial charge in [-0.1, -0.05) is 97.1 Å². The zero-order valence-electron chi connectivity index (χ0n) is 18.8. The molecular weight excluding hydrogens is 402 g/mol. The van der Waals surface area contributed by atoms with Crippen molar-refractivity contribution in [3.8, 4) is 22.5 Å². The van der Waals surface area contributed by atoms with Gasteiger partial charge in [0.2, 0.25) is 0 Å². The molecule has 0 aliphatic rings. The number of hydrogen-bond donors (Lipinski definition) is 0. The summed E-state index contributed by atoms with van der Waals surface area (Å²) in [5.74, 6) is 0.792. The fourth-order valence-corrected chi connectivity index (χ4v) is 4.20. The third kappa shape index (κ3) is 4.26. The predicted octanol–water partition coefficient (Wildman–Crippen LogP) is 7.45. The molecule has 2 heterocycles. The summed E-state index contributed by atoms with van der Waals surface area (Å²) in [4.78, 5) is 9.04. The zero-order valence-corrected chi connectivity index (χ0v) is 18.8. The van der Waals surface area contributed by atoms with Gasteiger partial charge in [-0.2, -0.15) is 0 Å². The van der Waals surface area contributed by atoms with Gasteiger partial charge in [-0.3, -0.25) is 0 Å². The van der Waals surface area contributed by atoms with Gasteiger partial charge in [0.25, 0.3) is 0 Å². The van der Waals surface area contributed by atoms with Crippen LogP contribution < -0.4 is 0 Å². The molecule has 0 saturated heterocycles. The molecule has 160 valence electrons. The van der Waals surface area contributed by atoms with E-state index in [1.165, 1.54) is 21.8 Å². The minimum atomic E-state index is 0.792. The van der Waals surface area contributed by atoms with Crippen LogP contribution in [0.2, 0.25) is 0 Å². The highest BCUT2D eigenvalue weighted by Gasteiger charge is 2.06. The number of benzene rings is 4. The first kappa shape index (κ1) is 20.7. The maximum atomic E-state index is 4.52. The molecule has 3 heteroatoms. The summed E-state index contributed by atoms with van der Waals surface area (Å²) in [6.07, 6.45) is 0. The van der Waals surface area contributed by atoms with E-state index in [-0.39, 0.29) is 0 Å². The quantitative estimate of drug-likeness (QED) is 0.287. The third-order valence-electron chi connectivity index (χ3n) is 5.80. The maximum Gasteiger partial charge on any atom is 0.126 e. The summed E-state index contributed by atoms with van der Waals surface area (Å²) in [6.45, 7) is 1.93. The van der Waals surface area contributed by atoms with Crippen LogP contribution in [-0.4, -0.2) is 14.5 Å². The van der Waals surface area contributed by atoms with Crippen LogP contribution in [0, 0.1) is 6.92 Å². The molecule has 3 nitrogen and oxygen atoms in total. The van der Waals surface area contributed by atoms with Crippen molar-refractivity contribution in [1.82, 2.24) is 14.5 Å². The highest BCUT2D eigenvalue weighted by Crippen LogP contribution is 2.27. The van der Waals surface area contributed by atoms with Crippen molar-refractivity contribution in [2.45, 2.75) is 6.92 Å². The third-order valence-corrected chi connectivity index (χ3v) is 5.80. The Morgan fingerprint density at radius 1 is 0.515 bits per heavy atom. The van der Waals surface area contributed by atoms with E-state index >= 15 is 0 Å². The summed E-state index contributed by atoms with van der Waals surface area (Å²) >= 11 is 0. The second-order valence-electron chi connectivity index (χ2n) is 8.01. The number of aryl methyl sites for hydroxylation is 2. The molecule has 0 fully saturated rings. The van der Waals surface area contributed by atoms with Gasteiger partial charge in [-0.05, 0) is 25.1 Å². The lowest BCUT2D eigenvalue weighted by Gasteiger charge is -2.06. The molecule has 0 unspecified atom stereocenters. The van der Waals surface area contributed by atoms with Gasteiger partial charge >= 0.3 is 0 Å². The molecule has 6 aromatic rings. The predicted molar refractivity (Wildman–Crippen MR) is 138 cm³/mol. The van der Waals surface area contributed by atoms with E-state index in [0.29, 0.717) is 0 Å². The number of rotatable bonds is 2. The average Bonchev–Trinajstić information content (AvgIpc) is 3.17. The van der Waals surface area contributed by atoms with E-state index < -0.39 is 0 Å². The number of hydrogen-bond acceptors (Lipinski definition) is 2. The topological polar surface area (TPSA) is 30.7 Å². The van der Waals surface area contributed by atoms with Crippen molar-refractivity contribution >= 4 is 21.8 Å². The number of para-hydroxylation sites is 2. The van der Waals surface area contributed by atoms with E-state index in [1.807, 2.05) is 49.4 Å². The molecule has 0 amide bonds. The van der Waals surface area contributed by atoms with Crippen molar-refractivity contribution in [3.63, 3.8) is 0 Å². The molecule has 0 aliphatic heterocycles. The van der Waals surface area contributed by atoms with Crippen LogP contribution in [0.4, 0.5) is 0 Å². The second-order valence-corrected chi connectivity index (χ2v) is 8.01. The van der Waals surface area contributed by atoms with E-state index in [1.54, 1.807) is 0 Å². The Bertz CT molecular complexity index is 1410. The van der Waals surface area contributed by atoms with E-state index in [4.69, 9.17) is 0 Å². The van der Waals surface area contributed by atoms with Gasteiger partial charge in [0.1, 0.15) is 5.82 Å². The van der Waals surface area contributed by atoms with E-state index in [9.17, 15) is 0 Å². The van der Waals surface area contributed by atoms with Crippen LogP contribution >= 0.6 is 0 Å². The van der Waals surface area contributed by atoms with Gasteiger partial charge in [-0.25, -0.2) is 9.97 Å². The summed E-state index contributed by atoms with van der Waals surface area (Å²) < 4.78 is 2.24. The molecule has 0 atom stereocenters. The average molecular weight is 428 g/mol. The van der Waals surface area contributed by atoms with Crippen molar-refractivity contribution in [3.05, 3.63) is 121 Å². The number of fused-ring (bicyclic) bond motifs is 3. The standard InChI is InChI=1S/C17H14N2.C13H11N/c1-13-18-16(14-8-4-2-5-9-14)12-17(19-13)15-10-6-3-7-11-15;1-14-12-8-4-2-6-10(12)11-7-3-5-9-13(11)14/h2-12H,1H3;2-9H,1H3. The van der Waals surface area contributed by atoms with Crippen molar-refractivity contribution in [2.24, 2.45) is 7.05 Å². The first-order valence-electron chi connectivity index (χ1n) is 11.1.